The van der Waals surface area contributed by atoms with E-state index in [0.29, 0.717) is 4.90 Å². The van der Waals surface area contributed by atoms with Gasteiger partial charge in [-0.15, -0.1) is 0 Å². The molecule has 0 bridgehead atoms. The number of esters is 7. The molecule has 2 saturated heterocycles. The molecule has 0 saturated carbocycles. The summed E-state index contributed by atoms with van der Waals surface area (Å²) in [6.07, 6.45) is -13.7. The molecule has 55 heavy (non-hydrogen) atoms. The Hall–Kier alpha value is -5.04. The molecule has 2 aromatic rings. The molecule has 2 aromatic carbocycles. The molecule has 4 rings (SSSR count). The van der Waals surface area contributed by atoms with E-state index in [4.69, 9.17) is 47.4 Å². The van der Waals surface area contributed by atoms with Crippen molar-refractivity contribution in [1.29, 1.82) is 0 Å². The maximum absolute atomic E-state index is 13.0. The molecule has 298 valence electrons. The van der Waals surface area contributed by atoms with Crippen molar-refractivity contribution in [3.8, 4) is 0 Å². The zero-order chi connectivity index (χ0) is 40.2. The topological polar surface area (TPSA) is 212 Å². The Labute approximate surface area is 320 Å². The Bertz CT molecular complexity index is 1670. The van der Waals surface area contributed by atoms with Gasteiger partial charge in [0.25, 0.3) is 0 Å². The maximum Gasteiger partial charge on any atom is 0.338 e. The smallest absolute Gasteiger partial charge is 0.338 e. The minimum atomic E-state index is -1.79. The Morgan fingerprint density at radius 1 is 0.600 bits per heavy atom. The fraction of sp³-hybridized carbons (Fsp3) is 0.486. The highest BCUT2D eigenvalue weighted by molar-refractivity contribution is 7.99. The molecule has 17 nitrogen and oxygen atoms in total. The lowest BCUT2D eigenvalue weighted by atomic mass is 9.96. The largest absolute Gasteiger partial charge is 0.463 e. The molecule has 2 aliphatic heterocycles. The van der Waals surface area contributed by atoms with E-state index in [9.17, 15) is 33.6 Å². The number of carbonyl (C=O) groups excluding carboxylic acids is 7. The number of hydrogen-bond acceptors (Lipinski definition) is 18. The average molecular weight is 795 g/mol. The van der Waals surface area contributed by atoms with Gasteiger partial charge in [-0.1, -0.05) is 48.2 Å². The van der Waals surface area contributed by atoms with Crippen LogP contribution in [0.4, 0.5) is 0 Å². The van der Waals surface area contributed by atoms with E-state index in [-0.39, 0.29) is 5.56 Å². The molecule has 2 heterocycles. The first-order valence-corrected chi connectivity index (χ1v) is 17.9. The van der Waals surface area contributed by atoms with Crippen molar-refractivity contribution in [2.24, 2.45) is 0 Å². The van der Waals surface area contributed by atoms with Crippen molar-refractivity contribution < 1.29 is 80.9 Å². The van der Waals surface area contributed by atoms with Crippen LogP contribution in [0, 0.1) is 0 Å². The molecule has 0 spiro atoms. The molecule has 0 radical (unpaired) electrons. The Kier molecular flexibility index (Phi) is 15.6. The number of benzene rings is 2. The second-order valence-electron chi connectivity index (χ2n) is 12.3. The van der Waals surface area contributed by atoms with E-state index < -0.39 is 116 Å². The van der Waals surface area contributed by atoms with Gasteiger partial charge in [0, 0.05) is 46.4 Å². The van der Waals surface area contributed by atoms with E-state index in [2.05, 4.69) is 0 Å². The third kappa shape index (κ3) is 12.5. The fourth-order valence-corrected chi connectivity index (χ4v) is 6.94. The van der Waals surface area contributed by atoms with Crippen molar-refractivity contribution in [2.75, 3.05) is 13.2 Å². The Balaban J connectivity index is 1.80. The average Bonchev–Trinajstić information content (AvgIpc) is 3.11. The fourth-order valence-electron chi connectivity index (χ4n) is 5.82. The van der Waals surface area contributed by atoms with E-state index in [1.807, 2.05) is 0 Å². The van der Waals surface area contributed by atoms with Gasteiger partial charge in [0.1, 0.15) is 37.0 Å². The van der Waals surface area contributed by atoms with Crippen LogP contribution in [0.5, 0.6) is 0 Å². The summed E-state index contributed by atoms with van der Waals surface area (Å²) in [5, 5.41) is 0. The highest BCUT2D eigenvalue weighted by Crippen LogP contribution is 2.39. The lowest BCUT2D eigenvalue weighted by Crippen LogP contribution is -2.66. The minimum absolute atomic E-state index is 0.181. The van der Waals surface area contributed by atoms with Crippen molar-refractivity contribution >= 4 is 53.5 Å². The standard InChI is InChI=1S/C37H42O17S/c1-19(38)45-17-28-30(32(49-22(4)41)34(51-24(6)43)37(53-28)55-26-15-11-8-12-16-26)54-36-33(50-23(5)42)31(48-21(3)40)29(47-20(2)39)27(52-36)18-46-35(44)25-13-9-7-10-14-25/h7-16,27-34,36-37H,17-18H2,1-6H3/t27-,28-,29+,30-,31+,32+,33-,34-,36+,37+/m1/s1/i44+2,46+2. The molecule has 18 heteroatoms. The molecular formula is C37H42O17S. The first-order valence-electron chi connectivity index (χ1n) is 17.0. The second-order valence-corrected chi connectivity index (χ2v) is 13.4. The number of carbonyl (C=O) groups is 7. The molecule has 0 unspecified atom stereocenters. The summed E-state index contributed by atoms with van der Waals surface area (Å²) in [5.41, 5.74) is -0.888. The molecule has 2 aliphatic rings. The van der Waals surface area contributed by atoms with Gasteiger partial charge in [-0.05, 0) is 24.3 Å². The monoisotopic (exact) mass is 794 g/mol. The Morgan fingerprint density at radius 2 is 1.09 bits per heavy atom. The maximum atomic E-state index is 13.0. The lowest BCUT2D eigenvalue weighted by Gasteiger charge is -2.48. The highest BCUT2D eigenvalue weighted by Gasteiger charge is 2.57. The first kappa shape index (κ1) is 42.7. The number of thioether (sulfide) groups is 1. The third-order valence-electron chi connectivity index (χ3n) is 7.82. The second kappa shape index (κ2) is 20.0. The summed E-state index contributed by atoms with van der Waals surface area (Å²) in [6, 6.07) is 16.8. The molecule has 2 fully saturated rings. The predicted octanol–water partition coefficient (Wildman–Crippen LogP) is 2.69. The molecular weight excluding hydrogens is 752 g/mol. The van der Waals surface area contributed by atoms with Crippen LogP contribution in [-0.2, 0) is 76.1 Å². The quantitative estimate of drug-likeness (QED) is 0.153. The van der Waals surface area contributed by atoms with Crippen LogP contribution in [0.1, 0.15) is 51.9 Å². The van der Waals surface area contributed by atoms with Gasteiger partial charge in [0.2, 0.25) is 0 Å². The summed E-state index contributed by atoms with van der Waals surface area (Å²) in [5.74, 6) is -5.72. The summed E-state index contributed by atoms with van der Waals surface area (Å²) in [6.45, 7) is 5.49. The van der Waals surface area contributed by atoms with Crippen LogP contribution in [0.15, 0.2) is 65.6 Å². The third-order valence-corrected chi connectivity index (χ3v) is 8.97. The zero-order valence-corrected chi connectivity index (χ0v) is 31.6. The summed E-state index contributed by atoms with van der Waals surface area (Å²) in [4.78, 5) is 88.2. The van der Waals surface area contributed by atoms with Crippen molar-refractivity contribution in [3.63, 3.8) is 0 Å². The van der Waals surface area contributed by atoms with Crippen molar-refractivity contribution in [1.82, 2.24) is 0 Å². The minimum Gasteiger partial charge on any atom is -0.463 e. The van der Waals surface area contributed by atoms with Gasteiger partial charge < -0.3 is 47.4 Å². The summed E-state index contributed by atoms with van der Waals surface area (Å²) < 4.78 is 57.9. The normalized spacial score (nSPS) is 27.4. The van der Waals surface area contributed by atoms with Gasteiger partial charge in [0.15, 0.2) is 36.8 Å². The molecule has 0 aromatic heterocycles. The first-order chi connectivity index (χ1) is 26.1. The summed E-state index contributed by atoms with van der Waals surface area (Å²) >= 11 is 1.12. The zero-order valence-electron chi connectivity index (χ0n) is 30.8. The van der Waals surface area contributed by atoms with Gasteiger partial charge in [-0.2, -0.15) is 0 Å². The lowest BCUT2D eigenvalue weighted by molar-refractivity contribution is -0.341. The van der Waals surface area contributed by atoms with Gasteiger partial charge in [0.05, 0.1) is 5.56 Å². The van der Waals surface area contributed by atoms with Gasteiger partial charge in [-0.25, -0.2) is 4.79 Å². The van der Waals surface area contributed by atoms with Crippen molar-refractivity contribution in [3.05, 3.63) is 66.2 Å². The van der Waals surface area contributed by atoms with E-state index >= 15 is 0 Å². The number of hydrogen-bond donors (Lipinski definition) is 0. The van der Waals surface area contributed by atoms with E-state index in [0.717, 1.165) is 53.3 Å². The van der Waals surface area contributed by atoms with Crippen LogP contribution in [0.25, 0.3) is 0 Å². The highest BCUT2D eigenvalue weighted by atomic mass is 32.2. The predicted molar refractivity (Wildman–Crippen MR) is 186 cm³/mol. The van der Waals surface area contributed by atoms with Crippen molar-refractivity contribution in [2.45, 2.75) is 107 Å². The van der Waals surface area contributed by atoms with Crippen LogP contribution in [0.2, 0.25) is 0 Å². The van der Waals surface area contributed by atoms with Gasteiger partial charge >= 0.3 is 41.8 Å². The van der Waals surface area contributed by atoms with E-state index in [1.165, 1.54) is 12.1 Å². The molecule has 0 N–H and O–H groups in total. The SMILES string of the molecule is CC(=O)OC[C@H]1O[C@@H](Sc2ccccc2)[C@H](OC(C)=O)[C@@H](OC(C)=O)[C@@H]1O[C@@H]1O[C@H](C[18O]C(=[18O])c2ccccc2)[C@H](OC(C)=O)[C@H](OC(C)=O)[C@H]1OC(C)=O. The molecule has 0 amide bonds. The Morgan fingerprint density at radius 3 is 1.64 bits per heavy atom. The van der Waals surface area contributed by atoms with Crippen LogP contribution < -0.4 is 0 Å². The summed E-state index contributed by atoms with van der Waals surface area (Å²) in [7, 11) is 0. The number of ether oxygens (including phenoxy) is 10. The van der Waals surface area contributed by atoms with Crippen LogP contribution in [0.3, 0.4) is 0 Å². The number of rotatable bonds is 14. The van der Waals surface area contributed by atoms with Crippen LogP contribution >= 0.6 is 11.8 Å². The van der Waals surface area contributed by atoms with E-state index in [1.54, 1.807) is 48.5 Å². The molecule has 0 aliphatic carbocycles. The van der Waals surface area contributed by atoms with Crippen LogP contribution in [-0.4, -0.2) is 116 Å². The van der Waals surface area contributed by atoms with Gasteiger partial charge in [-0.3, -0.25) is 28.8 Å². The molecule has 10 atom stereocenters.